The summed E-state index contributed by atoms with van der Waals surface area (Å²) in [6, 6.07) is 13.3. The molecule has 1 amide bonds. The summed E-state index contributed by atoms with van der Waals surface area (Å²) >= 11 is 1.34. The van der Waals surface area contributed by atoms with Crippen molar-refractivity contribution in [3.63, 3.8) is 0 Å². The van der Waals surface area contributed by atoms with Crippen molar-refractivity contribution in [1.82, 2.24) is 14.8 Å². The van der Waals surface area contributed by atoms with Gasteiger partial charge in [-0.05, 0) is 43.7 Å². The number of aryl methyl sites for hydroxylation is 1. The Balaban J connectivity index is 1.76. The van der Waals surface area contributed by atoms with Gasteiger partial charge in [-0.2, -0.15) is 0 Å². The van der Waals surface area contributed by atoms with Crippen molar-refractivity contribution in [2.75, 3.05) is 19.5 Å². The molecular formula is C21H24N4O3S. The molecule has 0 unspecified atom stereocenters. The van der Waals surface area contributed by atoms with Gasteiger partial charge in [0.2, 0.25) is 5.91 Å². The number of anilines is 1. The average Bonchev–Trinajstić information content (AvgIpc) is 3.08. The van der Waals surface area contributed by atoms with Crippen LogP contribution in [0.5, 0.6) is 11.5 Å². The lowest BCUT2D eigenvalue weighted by atomic mass is 10.2. The van der Waals surface area contributed by atoms with E-state index >= 15 is 0 Å². The summed E-state index contributed by atoms with van der Waals surface area (Å²) in [5, 5.41) is 11.7. The van der Waals surface area contributed by atoms with E-state index in [4.69, 9.17) is 9.47 Å². The van der Waals surface area contributed by atoms with Crippen molar-refractivity contribution in [2.24, 2.45) is 7.05 Å². The second-order valence-corrected chi connectivity index (χ2v) is 7.83. The molecule has 0 fully saturated rings. The molecule has 3 rings (SSSR count). The number of amides is 1. The van der Waals surface area contributed by atoms with Crippen LogP contribution in [-0.4, -0.2) is 40.1 Å². The standard InChI is InChI=1S/C21H24N4O3S/c1-13-10-11-18(28-5)16(12-13)22-20(26)14(2)29-21-24-23-19(25(21)3)15-8-6-7-9-17(15)27-4/h6-12,14H,1-5H3,(H,22,26)/t14-/m1/s1. The molecule has 8 heteroatoms. The van der Waals surface area contributed by atoms with Crippen LogP contribution in [0.15, 0.2) is 47.6 Å². The molecule has 1 atom stereocenters. The Bertz CT molecular complexity index is 1020. The number of methoxy groups -OCH3 is 2. The molecule has 7 nitrogen and oxygen atoms in total. The molecule has 29 heavy (non-hydrogen) atoms. The molecule has 0 aliphatic heterocycles. The zero-order valence-corrected chi connectivity index (χ0v) is 17.9. The number of para-hydroxylation sites is 1. The molecule has 0 aliphatic rings. The van der Waals surface area contributed by atoms with Crippen molar-refractivity contribution in [1.29, 1.82) is 0 Å². The Kier molecular flexibility index (Phi) is 6.43. The minimum Gasteiger partial charge on any atom is -0.496 e. The molecule has 3 aromatic rings. The predicted octanol–water partition coefficient (Wildman–Crippen LogP) is 3.93. The maximum atomic E-state index is 12.7. The highest BCUT2D eigenvalue weighted by Gasteiger charge is 2.21. The number of rotatable bonds is 7. The summed E-state index contributed by atoms with van der Waals surface area (Å²) in [7, 11) is 5.08. The lowest BCUT2D eigenvalue weighted by Crippen LogP contribution is -2.23. The minimum atomic E-state index is -0.381. The number of ether oxygens (including phenoxy) is 2. The van der Waals surface area contributed by atoms with Crippen LogP contribution in [0, 0.1) is 6.92 Å². The van der Waals surface area contributed by atoms with Gasteiger partial charge < -0.3 is 19.4 Å². The number of carbonyl (C=O) groups is 1. The molecule has 0 radical (unpaired) electrons. The largest absolute Gasteiger partial charge is 0.496 e. The molecule has 0 saturated heterocycles. The van der Waals surface area contributed by atoms with Crippen LogP contribution in [-0.2, 0) is 11.8 Å². The molecule has 0 bridgehead atoms. The third-order valence-electron chi connectivity index (χ3n) is 4.45. The molecule has 2 aromatic carbocycles. The normalized spacial score (nSPS) is 11.8. The Morgan fingerprint density at radius 3 is 2.55 bits per heavy atom. The summed E-state index contributed by atoms with van der Waals surface area (Å²) in [5.74, 6) is 1.88. The van der Waals surface area contributed by atoms with Crippen molar-refractivity contribution in [3.8, 4) is 22.9 Å². The van der Waals surface area contributed by atoms with E-state index in [0.29, 0.717) is 22.4 Å². The summed E-state index contributed by atoms with van der Waals surface area (Å²) in [5.41, 5.74) is 2.53. The number of nitrogens with zero attached hydrogens (tertiary/aromatic N) is 3. The fraction of sp³-hybridized carbons (Fsp3) is 0.286. The number of hydrogen-bond donors (Lipinski definition) is 1. The number of benzene rings is 2. The monoisotopic (exact) mass is 412 g/mol. The van der Waals surface area contributed by atoms with E-state index in [1.807, 2.05) is 67.9 Å². The molecule has 0 spiro atoms. The first kappa shape index (κ1) is 20.7. The summed E-state index contributed by atoms with van der Waals surface area (Å²) in [6.07, 6.45) is 0. The maximum Gasteiger partial charge on any atom is 0.237 e. The van der Waals surface area contributed by atoms with Gasteiger partial charge in [0, 0.05) is 7.05 Å². The second kappa shape index (κ2) is 9.00. The Hall–Kier alpha value is -3.00. The van der Waals surface area contributed by atoms with Gasteiger partial charge in [-0.1, -0.05) is 30.0 Å². The fourth-order valence-corrected chi connectivity index (χ4v) is 3.66. The van der Waals surface area contributed by atoms with Crippen molar-refractivity contribution < 1.29 is 14.3 Å². The van der Waals surface area contributed by atoms with E-state index in [2.05, 4.69) is 15.5 Å². The first-order chi connectivity index (χ1) is 13.9. The fourth-order valence-electron chi connectivity index (χ4n) is 2.85. The molecular weight excluding hydrogens is 388 g/mol. The average molecular weight is 413 g/mol. The van der Waals surface area contributed by atoms with Crippen LogP contribution in [0.1, 0.15) is 12.5 Å². The Morgan fingerprint density at radius 1 is 1.10 bits per heavy atom. The number of aromatic nitrogens is 3. The van der Waals surface area contributed by atoms with Gasteiger partial charge in [-0.3, -0.25) is 4.79 Å². The number of hydrogen-bond acceptors (Lipinski definition) is 6. The van der Waals surface area contributed by atoms with Gasteiger partial charge in [-0.15, -0.1) is 10.2 Å². The number of thioether (sulfide) groups is 1. The highest BCUT2D eigenvalue weighted by molar-refractivity contribution is 8.00. The zero-order valence-electron chi connectivity index (χ0n) is 17.1. The number of nitrogens with one attached hydrogen (secondary N) is 1. The molecule has 152 valence electrons. The summed E-state index contributed by atoms with van der Waals surface area (Å²) < 4.78 is 12.6. The van der Waals surface area contributed by atoms with Crippen molar-refractivity contribution >= 4 is 23.4 Å². The van der Waals surface area contributed by atoms with Crippen LogP contribution < -0.4 is 14.8 Å². The van der Waals surface area contributed by atoms with Gasteiger partial charge in [0.1, 0.15) is 11.5 Å². The van der Waals surface area contributed by atoms with Gasteiger partial charge in [0.25, 0.3) is 0 Å². The molecule has 1 N–H and O–H groups in total. The molecule has 1 aromatic heterocycles. The number of carbonyl (C=O) groups excluding carboxylic acids is 1. The zero-order chi connectivity index (χ0) is 21.0. The third-order valence-corrected chi connectivity index (χ3v) is 5.58. The van der Waals surface area contributed by atoms with Crippen molar-refractivity contribution in [2.45, 2.75) is 24.3 Å². The summed E-state index contributed by atoms with van der Waals surface area (Å²) in [6.45, 7) is 3.80. The lowest BCUT2D eigenvalue weighted by Gasteiger charge is -2.14. The van der Waals surface area contributed by atoms with Crippen LogP contribution >= 0.6 is 11.8 Å². The van der Waals surface area contributed by atoms with Crippen molar-refractivity contribution in [3.05, 3.63) is 48.0 Å². The smallest absolute Gasteiger partial charge is 0.237 e. The quantitative estimate of drug-likeness (QED) is 0.593. The molecule has 0 aliphatic carbocycles. The second-order valence-electron chi connectivity index (χ2n) is 6.52. The minimum absolute atomic E-state index is 0.138. The highest BCUT2D eigenvalue weighted by atomic mass is 32.2. The molecule has 0 saturated carbocycles. The Morgan fingerprint density at radius 2 is 1.83 bits per heavy atom. The summed E-state index contributed by atoms with van der Waals surface area (Å²) in [4.78, 5) is 12.7. The van der Waals surface area contributed by atoms with Gasteiger partial charge in [-0.25, -0.2) is 0 Å². The first-order valence-corrected chi connectivity index (χ1v) is 9.97. The van der Waals surface area contributed by atoms with E-state index in [9.17, 15) is 4.79 Å². The maximum absolute atomic E-state index is 12.7. The van der Waals surface area contributed by atoms with E-state index in [1.54, 1.807) is 14.2 Å². The lowest BCUT2D eigenvalue weighted by molar-refractivity contribution is -0.115. The van der Waals surface area contributed by atoms with Crippen LogP contribution in [0.25, 0.3) is 11.4 Å². The Labute approximate surface area is 174 Å². The van der Waals surface area contributed by atoms with Gasteiger partial charge in [0.15, 0.2) is 11.0 Å². The van der Waals surface area contributed by atoms with Crippen LogP contribution in [0.2, 0.25) is 0 Å². The van der Waals surface area contributed by atoms with E-state index in [0.717, 1.165) is 16.9 Å². The molecule has 1 heterocycles. The third kappa shape index (κ3) is 4.54. The van der Waals surface area contributed by atoms with Gasteiger partial charge in [0.05, 0.1) is 30.7 Å². The first-order valence-electron chi connectivity index (χ1n) is 9.09. The SMILES string of the molecule is COc1ccc(C)cc1NC(=O)[C@@H](C)Sc1nnc(-c2ccccc2OC)n1C. The van der Waals surface area contributed by atoms with E-state index in [1.165, 1.54) is 11.8 Å². The highest BCUT2D eigenvalue weighted by Crippen LogP contribution is 2.32. The van der Waals surface area contributed by atoms with Crippen LogP contribution in [0.4, 0.5) is 5.69 Å². The predicted molar refractivity (Wildman–Crippen MR) is 115 cm³/mol. The topological polar surface area (TPSA) is 78.3 Å². The van der Waals surface area contributed by atoms with E-state index in [-0.39, 0.29) is 11.2 Å². The van der Waals surface area contributed by atoms with Gasteiger partial charge >= 0.3 is 0 Å². The van der Waals surface area contributed by atoms with Crippen LogP contribution in [0.3, 0.4) is 0 Å². The van der Waals surface area contributed by atoms with E-state index < -0.39 is 0 Å².